The molecule has 0 saturated carbocycles. The van der Waals surface area contributed by atoms with Gasteiger partial charge in [-0.2, -0.15) is 0 Å². The van der Waals surface area contributed by atoms with Crippen molar-refractivity contribution in [2.24, 2.45) is 0 Å². The van der Waals surface area contributed by atoms with Crippen molar-refractivity contribution in [2.75, 3.05) is 18.9 Å². The molecular weight excluding hydrogens is 407 g/mol. The average Bonchev–Trinajstić information content (AvgIpc) is 2.80. The molecular formula is C24H35N4O2P. The Morgan fingerprint density at radius 2 is 1.61 bits per heavy atom. The van der Waals surface area contributed by atoms with Crippen molar-refractivity contribution in [3.05, 3.63) is 65.7 Å². The largest absolute Gasteiger partial charge is 0.343 e. The maximum Gasteiger partial charge on any atom is 0.246 e. The normalized spacial score (nSPS) is 12.7. The lowest BCUT2D eigenvalue weighted by molar-refractivity contribution is -0.128. The fourth-order valence-electron chi connectivity index (χ4n) is 3.35. The van der Waals surface area contributed by atoms with Crippen LogP contribution >= 0.6 is 9.39 Å². The summed E-state index contributed by atoms with van der Waals surface area (Å²) in [6, 6.07) is 16.7. The van der Waals surface area contributed by atoms with Gasteiger partial charge in [-0.05, 0) is 69.0 Å². The molecule has 1 unspecified atom stereocenters. The molecule has 0 aliphatic rings. The Bertz CT molecular complexity index is 799. The van der Waals surface area contributed by atoms with Gasteiger partial charge in [0.05, 0.1) is 6.04 Å². The van der Waals surface area contributed by atoms with Gasteiger partial charge in [0.2, 0.25) is 11.8 Å². The van der Waals surface area contributed by atoms with Crippen LogP contribution in [0, 0.1) is 0 Å². The molecule has 3 atom stereocenters. The van der Waals surface area contributed by atoms with E-state index in [9.17, 15) is 9.59 Å². The van der Waals surface area contributed by atoms with Crippen LogP contribution in [0.5, 0.6) is 0 Å². The number of aryl methyl sites for hydroxylation is 1. The van der Waals surface area contributed by atoms with Gasteiger partial charge in [0.15, 0.2) is 0 Å². The van der Waals surface area contributed by atoms with Crippen molar-refractivity contribution < 1.29 is 9.59 Å². The van der Waals surface area contributed by atoms with Gasteiger partial charge < -0.3 is 21.0 Å². The Balaban J connectivity index is 2.03. The summed E-state index contributed by atoms with van der Waals surface area (Å²) in [5.41, 5.74) is 3.02. The highest BCUT2D eigenvalue weighted by Gasteiger charge is 2.25. The first-order valence-electron chi connectivity index (χ1n) is 10.9. The Morgan fingerprint density at radius 1 is 0.903 bits per heavy atom. The van der Waals surface area contributed by atoms with Crippen molar-refractivity contribution in [2.45, 2.75) is 51.1 Å². The second kappa shape index (κ2) is 13.9. The maximum absolute atomic E-state index is 13.0. The van der Waals surface area contributed by atoms with Crippen molar-refractivity contribution in [1.29, 1.82) is 0 Å². The molecule has 2 rings (SSSR count). The van der Waals surface area contributed by atoms with E-state index >= 15 is 0 Å². The zero-order valence-corrected chi connectivity index (χ0v) is 19.6. The molecule has 31 heavy (non-hydrogen) atoms. The van der Waals surface area contributed by atoms with Crippen LogP contribution < -0.4 is 21.0 Å². The van der Waals surface area contributed by atoms with Gasteiger partial charge in [0, 0.05) is 5.69 Å². The number of amides is 2. The van der Waals surface area contributed by atoms with Crippen LogP contribution in [0.15, 0.2) is 54.6 Å². The number of rotatable bonds is 13. The standard InChI is InChI=1S/C24H35N4O2P/c1-3-18-12-14-20(15-13-18)27-23(29)21(11-7-8-16-26-31)28-24(30)22(25-2)17-19-9-5-4-6-10-19/h4-6,9-10,12-15,21-22,25-26H,3,7-8,11,16-17,31H2,1-2H3,(H,27,29)(H,28,30)/t21-,22-/m0/s1. The highest BCUT2D eigenvalue weighted by molar-refractivity contribution is 7.13. The van der Waals surface area contributed by atoms with Crippen LogP contribution in [0.25, 0.3) is 0 Å². The molecule has 2 aromatic carbocycles. The molecule has 168 valence electrons. The molecule has 7 heteroatoms. The molecule has 2 aromatic rings. The van der Waals surface area contributed by atoms with Gasteiger partial charge in [-0.3, -0.25) is 9.59 Å². The lowest BCUT2D eigenvalue weighted by Crippen LogP contribution is -2.51. The summed E-state index contributed by atoms with van der Waals surface area (Å²) in [5.74, 6) is -0.358. The van der Waals surface area contributed by atoms with E-state index in [1.165, 1.54) is 5.56 Å². The maximum atomic E-state index is 13.0. The molecule has 0 heterocycles. The quantitative estimate of drug-likeness (QED) is 0.284. The van der Waals surface area contributed by atoms with E-state index in [4.69, 9.17) is 0 Å². The summed E-state index contributed by atoms with van der Waals surface area (Å²) >= 11 is 0. The summed E-state index contributed by atoms with van der Waals surface area (Å²) < 4.78 is 0. The van der Waals surface area contributed by atoms with Crippen LogP contribution in [0.4, 0.5) is 5.69 Å². The first-order valence-corrected chi connectivity index (χ1v) is 11.5. The zero-order valence-electron chi connectivity index (χ0n) is 18.5. The number of hydrogen-bond donors (Lipinski definition) is 4. The van der Waals surface area contributed by atoms with Crippen molar-refractivity contribution >= 4 is 26.9 Å². The number of benzene rings is 2. The van der Waals surface area contributed by atoms with Crippen LogP contribution in [-0.2, 0) is 22.4 Å². The third kappa shape index (κ3) is 8.78. The minimum absolute atomic E-state index is 0.169. The number of nitrogens with one attached hydrogen (secondary N) is 4. The molecule has 6 nitrogen and oxygen atoms in total. The predicted molar refractivity (Wildman–Crippen MR) is 131 cm³/mol. The number of carbonyl (C=O) groups is 2. The first-order chi connectivity index (χ1) is 15.1. The molecule has 0 spiro atoms. The average molecular weight is 443 g/mol. The van der Waals surface area contributed by atoms with Crippen LogP contribution in [0.2, 0.25) is 0 Å². The number of carbonyl (C=O) groups excluding carboxylic acids is 2. The number of anilines is 1. The molecule has 0 aliphatic carbocycles. The van der Waals surface area contributed by atoms with Gasteiger partial charge in [-0.15, -0.1) is 0 Å². The van der Waals surface area contributed by atoms with Crippen LogP contribution in [0.3, 0.4) is 0 Å². The minimum atomic E-state index is -0.588. The summed E-state index contributed by atoms with van der Waals surface area (Å²) in [7, 11) is 4.25. The van der Waals surface area contributed by atoms with E-state index in [2.05, 4.69) is 37.4 Å². The summed E-state index contributed by atoms with van der Waals surface area (Å²) in [6.45, 7) is 2.94. The Labute approximate surface area is 188 Å². The topological polar surface area (TPSA) is 82.3 Å². The van der Waals surface area contributed by atoms with E-state index in [-0.39, 0.29) is 11.8 Å². The van der Waals surface area contributed by atoms with E-state index in [1.807, 2.05) is 54.6 Å². The number of unbranched alkanes of at least 4 members (excludes halogenated alkanes) is 1. The molecule has 0 bridgehead atoms. The Morgan fingerprint density at radius 3 is 2.23 bits per heavy atom. The Hall–Kier alpha value is -2.27. The van der Waals surface area contributed by atoms with E-state index < -0.39 is 12.1 Å². The van der Waals surface area contributed by atoms with Gasteiger partial charge in [0.1, 0.15) is 6.04 Å². The molecule has 4 N–H and O–H groups in total. The zero-order chi connectivity index (χ0) is 22.5. The smallest absolute Gasteiger partial charge is 0.246 e. The Kier molecular flexibility index (Phi) is 11.2. The summed E-state index contributed by atoms with van der Waals surface area (Å²) in [5, 5.41) is 12.0. The van der Waals surface area contributed by atoms with Gasteiger partial charge >= 0.3 is 0 Å². The monoisotopic (exact) mass is 442 g/mol. The second-order valence-electron chi connectivity index (χ2n) is 7.58. The fraction of sp³-hybridized carbons (Fsp3) is 0.417. The SMILES string of the molecule is CCc1ccc(NC(=O)[C@H](CCCCNP)NC(=O)[C@H](Cc2ccccc2)NC)cc1. The molecule has 0 saturated heterocycles. The third-order valence-electron chi connectivity index (χ3n) is 5.27. The predicted octanol–water partition coefficient (Wildman–Crippen LogP) is 3.05. The van der Waals surface area contributed by atoms with Crippen molar-refractivity contribution in [3.63, 3.8) is 0 Å². The molecule has 2 amide bonds. The first kappa shape index (κ1) is 25.0. The van der Waals surface area contributed by atoms with Crippen LogP contribution in [-0.4, -0.2) is 37.5 Å². The van der Waals surface area contributed by atoms with Crippen molar-refractivity contribution in [3.8, 4) is 0 Å². The lowest BCUT2D eigenvalue weighted by atomic mass is 10.0. The highest BCUT2D eigenvalue weighted by atomic mass is 31.0. The fourth-order valence-corrected chi connectivity index (χ4v) is 3.55. The molecule has 0 radical (unpaired) electrons. The molecule has 0 aromatic heterocycles. The summed E-state index contributed by atoms with van der Waals surface area (Å²) in [6.07, 6.45) is 3.85. The van der Waals surface area contributed by atoms with Crippen molar-refractivity contribution in [1.82, 2.24) is 15.7 Å². The number of hydrogen-bond acceptors (Lipinski definition) is 4. The molecule has 0 fully saturated rings. The van der Waals surface area contributed by atoms with Gasteiger partial charge in [0.25, 0.3) is 0 Å². The lowest BCUT2D eigenvalue weighted by Gasteiger charge is -2.22. The van der Waals surface area contributed by atoms with Crippen LogP contribution in [0.1, 0.15) is 37.3 Å². The second-order valence-corrected chi connectivity index (χ2v) is 7.99. The summed E-state index contributed by atoms with van der Waals surface area (Å²) in [4.78, 5) is 25.9. The van der Waals surface area contributed by atoms with Gasteiger partial charge in [-0.25, -0.2) is 0 Å². The minimum Gasteiger partial charge on any atom is -0.343 e. The van der Waals surface area contributed by atoms with E-state index in [1.54, 1.807) is 7.05 Å². The van der Waals surface area contributed by atoms with E-state index in [0.29, 0.717) is 12.8 Å². The van der Waals surface area contributed by atoms with E-state index in [0.717, 1.165) is 37.1 Å². The molecule has 0 aliphatic heterocycles. The highest BCUT2D eigenvalue weighted by Crippen LogP contribution is 2.12. The number of likely N-dealkylation sites (N-methyl/N-ethyl adjacent to an activating group) is 1. The van der Waals surface area contributed by atoms with Gasteiger partial charge in [-0.1, -0.05) is 58.8 Å². The third-order valence-corrected chi connectivity index (χ3v) is 5.56.